The van der Waals surface area contributed by atoms with Crippen molar-refractivity contribution in [2.45, 2.75) is 0 Å². The average Bonchev–Trinajstić information content (AvgIpc) is 0. The van der Waals surface area contributed by atoms with Crippen molar-refractivity contribution in [2.24, 2.45) is 0 Å². The molecule has 0 aromatic carbocycles. The summed E-state index contributed by atoms with van der Waals surface area (Å²) in [6.45, 7) is 0. The molecule has 0 rings (SSSR count). The second kappa shape index (κ2) is 804. The maximum Gasteiger partial charge on any atom is 7.00 e. The van der Waals surface area contributed by atoms with Crippen molar-refractivity contribution in [1.29, 1.82) is 0 Å². The Hall–Kier alpha value is 1.00. The SMILES string of the molecule is O.[O-2].[O-2].[O-2].[O-2].[O-2].[O-2].[O-2].[Re+7].[Re+7]. The predicted octanol–water partition coefficient (Wildman–Crippen LogP) is -1.66. The summed E-state index contributed by atoms with van der Waals surface area (Å²) in [7, 11) is 0. The second-order valence-electron chi connectivity index (χ2n) is 0. The van der Waals surface area contributed by atoms with Gasteiger partial charge < -0.3 is 43.8 Å². The third kappa shape index (κ3) is 572. The first kappa shape index (κ1) is 1090. The summed E-state index contributed by atoms with van der Waals surface area (Å²) in [5, 5.41) is 0. The first-order chi connectivity index (χ1) is 0. The molecule has 10 heavy (non-hydrogen) atoms. The van der Waals surface area contributed by atoms with Crippen molar-refractivity contribution in [3.8, 4) is 0 Å². The monoisotopic (exact) mass is 504 g/mol. The van der Waals surface area contributed by atoms with Gasteiger partial charge in [0.1, 0.15) is 0 Å². The van der Waals surface area contributed by atoms with Crippen LogP contribution in [0.2, 0.25) is 0 Å². The number of rotatable bonds is 0. The molecule has 0 aliphatic heterocycles. The molecule has 0 heterocycles. The van der Waals surface area contributed by atoms with Crippen LogP contribution in [0.4, 0.5) is 0 Å². The van der Waals surface area contributed by atoms with Crippen LogP contribution >= 0.6 is 0 Å². The Labute approximate surface area is 84.8 Å². The van der Waals surface area contributed by atoms with Crippen molar-refractivity contribution in [2.75, 3.05) is 0 Å². The average molecular weight is 502 g/mol. The maximum atomic E-state index is 0. The Morgan fingerprint density at radius 3 is 0.300 bits per heavy atom. The van der Waals surface area contributed by atoms with E-state index < -0.39 is 0 Å². The van der Waals surface area contributed by atoms with Gasteiger partial charge in [-0.2, -0.15) is 0 Å². The van der Waals surface area contributed by atoms with E-state index in [1.165, 1.54) is 0 Å². The van der Waals surface area contributed by atoms with Crippen molar-refractivity contribution >= 4 is 0 Å². The number of hydrogen-bond acceptors (Lipinski definition) is 0. The molecular formula is H2O8Re2. The van der Waals surface area contributed by atoms with Gasteiger partial charge in [0.2, 0.25) is 0 Å². The van der Waals surface area contributed by atoms with E-state index in [0.29, 0.717) is 0 Å². The van der Waals surface area contributed by atoms with Crippen molar-refractivity contribution in [3.63, 3.8) is 0 Å². The van der Waals surface area contributed by atoms with Crippen molar-refractivity contribution in [1.82, 2.24) is 0 Å². The molecule has 0 fully saturated rings. The van der Waals surface area contributed by atoms with Crippen LogP contribution in [0.15, 0.2) is 0 Å². The van der Waals surface area contributed by atoms with E-state index >= 15 is 0 Å². The predicted molar refractivity (Wildman–Crippen MR) is 8.42 cm³/mol. The first-order valence-electron chi connectivity index (χ1n) is 0. The van der Waals surface area contributed by atoms with Gasteiger partial charge in [0.15, 0.2) is 0 Å². The van der Waals surface area contributed by atoms with Crippen LogP contribution in [0.1, 0.15) is 0 Å². The van der Waals surface area contributed by atoms with Gasteiger partial charge >= 0.3 is 40.8 Å². The Morgan fingerprint density at radius 2 is 0.300 bits per heavy atom. The summed E-state index contributed by atoms with van der Waals surface area (Å²) in [6.07, 6.45) is 0. The molecule has 0 unspecified atom stereocenters. The molecule has 0 saturated carbocycles. The van der Waals surface area contributed by atoms with E-state index in [2.05, 4.69) is 0 Å². The number of hydrogen-bond donors (Lipinski definition) is 0. The zero-order valence-electron chi connectivity index (χ0n) is 4.11. The molecule has 64 valence electrons. The van der Waals surface area contributed by atoms with Crippen LogP contribution in [0, 0.1) is 0 Å². The fourth-order valence-electron chi connectivity index (χ4n) is 0. The van der Waals surface area contributed by atoms with Crippen LogP contribution in [0.5, 0.6) is 0 Å². The van der Waals surface area contributed by atoms with Crippen LogP contribution < -0.4 is 0 Å². The molecule has 10 heteroatoms. The Balaban J connectivity index is 0. The van der Waals surface area contributed by atoms with Crippen LogP contribution in [0.25, 0.3) is 0 Å². The quantitative estimate of drug-likeness (QED) is 0.362. The molecule has 0 saturated heterocycles. The van der Waals surface area contributed by atoms with Gasteiger partial charge in [0.05, 0.1) is 0 Å². The Morgan fingerprint density at radius 1 is 0.300 bits per heavy atom. The van der Waals surface area contributed by atoms with Crippen LogP contribution in [-0.4, -0.2) is 5.48 Å². The maximum absolute atomic E-state index is 0. The van der Waals surface area contributed by atoms with E-state index in [1.54, 1.807) is 0 Å². The van der Waals surface area contributed by atoms with Crippen molar-refractivity contribution in [3.05, 3.63) is 0 Å². The summed E-state index contributed by atoms with van der Waals surface area (Å²) in [6, 6.07) is 0. The summed E-state index contributed by atoms with van der Waals surface area (Å²) in [5.41, 5.74) is 0. The molecule has 0 bridgehead atoms. The molecule has 0 amide bonds. The largest absolute Gasteiger partial charge is 7.00 e. The standard InChI is InChI=1S/H2O.7O.2Re/h1H2;;;;;;;;;/q;7*-2;2*+7. The van der Waals surface area contributed by atoms with Crippen LogP contribution in [-0.2, 0) is 79.2 Å². The molecule has 0 radical (unpaired) electrons. The Kier molecular flexibility index (Phi) is 87700. The Bertz CT molecular complexity index is 7.22. The van der Waals surface area contributed by atoms with Gasteiger partial charge in [-0.1, -0.05) is 0 Å². The summed E-state index contributed by atoms with van der Waals surface area (Å²) < 4.78 is 0. The second-order valence-corrected chi connectivity index (χ2v) is 0. The minimum atomic E-state index is 0. The zero-order valence-corrected chi connectivity index (χ0v) is 9.55. The van der Waals surface area contributed by atoms with Gasteiger partial charge in [0, 0.05) is 0 Å². The molecule has 0 aromatic rings. The fourth-order valence-corrected chi connectivity index (χ4v) is 0. The normalized spacial score (nSPS) is 0. The summed E-state index contributed by atoms with van der Waals surface area (Å²) in [4.78, 5) is 0. The molecule has 2 N–H and O–H groups in total. The zero-order chi connectivity index (χ0) is 0. The molecule has 0 aliphatic carbocycles. The van der Waals surface area contributed by atoms with E-state index in [0.717, 1.165) is 0 Å². The fraction of sp³-hybridized carbons (Fsp3) is 0. The topological polar surface area (TPSA) is 231 Å². The molecule has 0 aliphatic rings. The van der Waals surface area contributed by atoms with E-state index in [9.17, 15) is 0 Å². The van der Waals surface area contributed by atoms with Gasteiger partial charge in [-0.25, -0.2) is 0 Å². The minimum Gasteiger partial charge on any atom is -2.00 e. The smallest absolute Gasteiger partial charge is 2.00 e. The molecular weight excluding hydrogens is 500 g/mol. The molecule has 0 atom stereocenters. The van der Waals surface area contributed by atoms with E-state index in [4.69, 9.17) is 0 Å². The molecule has 0 spiro atoms. The van der Waals surface area contributed by atoms with Gasteiger partial charge in [-0.15, -0.1) is 0 Å². The third-order valence-corrected chi connectivity index (χ3v) is 0. The van der Waals surface area contributed by atoms with Crippen LogP contribution in [0.3, 0.4) is 0 Å². The molecule has 0 aromatic heterocycles. The van der Waals surface area contributed by atoms with Gasteiger partial charge in [0.25, 0.3) is 0 Å². The van der Waals surface area contributed by atoms with Gasteiger partial charge in [-0.05, 0) is 0 Å². The molecule has 8 nitrogen and oxygen atoms in total. The first-order valence-corrected chi connectivity index (χ1v) is 0. The third-order valence-electron chi connectivity index (χ3n) is 0. The van der Waals surface area contributed by atoms with Crippen molar-refractivity contribution < 1.29 is 84.7 Å². The van der Waals surface area contributed by atoms with Gasteiger partial charge in [-0.3, -0.25) is 0 Å². The minimum absolute atomic E-state index is 0. The van der Waals surface area contributed by atoms with E-state index in [-0.39, 0.29) is 84.7 Å². The summed E-state index contributed by atoms with van der Waals surface area (Å²) >= 11 is 0. The van der Waals surface area contributed by atoms with E-state index in [1.807, 2.05) is 0 Å². The summed E-state index contributed by atoms with van der Waals surface area (Å²) in [5.74, 6) is 0.